The average Bonchev–Trinajstić information content (AvgIpc) is 3.43. The topological polar surface area (TPSA) is 143 Å². The number of hydrogen-bond acceptors (Lipinski definition) is 6. The van der Waals surface area contributed by atoms with Crippen molar-refractivity contribution in [3.8, 4) is 5.75 Å². The third kappa shape index (κ3) is 4.76. The summed E-state index contributed by atoms with van der Waals surface area (Å²) in [5.41, 5.74) is 5.88. The van der Waals surface area contributed by atoms with E-state index in [1.54, 1.807) is 11.8 Å². The highest BCUT2D eigenvalue weighted by atomic mass is 16.6. The summed E-state index contributed by atoms with van der Waals surface area (Å²) < 4.78 is 7.11. The first-order valence-electron chi connectivity index (χ1n) is 10.8. The quantitative estimate of drug-likeness (QED) is 0.337. The van der Waals surface area contributed by atoms with Crippen LogP contribution in [0.25, 0.3) is 10.9 Å². The van der Waals surface area contributed by atoms with Gasteiger partial charge in [0.1, 0.15) is 18.1 Å². The summed E-state index contributed by atoms with van der Waals surface area (Å²) >= 11 is 0. The van der Waals surface area contributed by atoms with E-state index in [9.17, 15) is 10.1 Å². The second kappa shape index (κ2) is 9.75. The van der Waals surface area contributed by atoms with E-state index in [2.05, 4.69) is 51.8 Å². The summed E-state index contributed by atoms with van der Waals surface area (Å²) in [6.07, 6.45) is 3.74. The van der Waals surface area contributed by atoms with Gasteiger partial charge in [0.15, 0.2) is 6.04 Å². The van der Waals surface area contributed by atoms with Crippen LogP contribution >= 0.6 is 0 Å². The first kappa shape index (κ1) is 23.0. The zero-order valence-corrected chi connectivity index (χ0v) is 18.9. The minimum absolute atomic E-state index is 0.0200. The second-order valence-electron chi connectivity index (χ2n) is 8.03. The van der Waals surface area contributed by atoms with Gasteiger partial charge in [-0.15, -0.1) is 0 Å². The number of para-hydroxylation sites is 1. The molecular weight excluding hydrogens is 438 g/mol. The predicted molar refractivity (Wildman–Crippen MR) is 122 cm³/mol. The highest BCUT2D eigenvalue weighted by Gasteiger charge is 2.29. The molecule has 34 heavy (non-hydrogen) atoms. The number of nitrogens with one attached hydrogen (secondary N) is 1. The summed E-state index contributed by atoms with van der Waals surface area (Å²) in [4.78, 5) is 23.0. The van der Waals surface area contributed by atoms with Crippen molar-refractivity contribution >= 4 is 22.6 Å². The monoisotopic (exact) mass is 463 g/mol. The number of carboxylic acid groups (broad SMARTS) is 1. The minimum Gasteiger partial charge on any atom is -0.550 e. The molecule has 10 nitrogen and oxygen atoms in total. The molecule has 4 aromatic rings. The number of benzene rings is 2. The largest absolute Gasteiger partial charge is 0.550 e. The molecule has 0 saturated heterocycles. The van der Waals surface area contributed by atoms with Crippen molar-refractivity contribution in [3.05, 3.63) is 87.4 Å². The second-order valence-corrected chi connectivity index (χ2v) is 8.03. The summed E-state index contributed by atoms with van der Waals surface area (Å²) in [6.45, 7) is 2.39. The highest BCUT2D eigenvalue weighted by molar-refractivity contribution is 5.85. The van der Waals surface area contributed by atoms with Gasteiger partial charge in [0.05, 0.1) is 30.8 Å². The smallest absolute Gasteiger partial charge is 0.307 e. The first-order chi connectivity index (χ1) is 16.4. The molecule has 0 radical (unpaired) electrons. The number of hydrogen-bond donors (Lipinski definition) is 2. The van der Waals surface area contributed by atoms with Gasteiger partial charge in [0, 0.05) is 34.4 Å². The number of methoxy groups -OCH3 is 1. The summed E-state index contributed by atoms with van der Waals surface area (Å²) in [7, 11) is 1.63. The molecule has 3 heterocycles. The van der Waals surface area contributed by atoms with Crippen LogP contribution in [0.2, 0.25) is 0 Å². The normalized spacial score (nSPS) is 14.7. The van der Waals surface area contributed by atoms with Crippen molar-refractivity contribution in [2.45, 2.75) is 25.9 Å². The third-order valence-electron chi connectivity index (χ3n) is 5.78. The maximum Gasteiger partial charge on any atom is 0.307 e. The van der Waals surface area contributed by atoms with E-state index in [1.165, 1.54) is 40.1 Å². The number of aromatic amines is 1. The number of H-pyrrole nitrogens is 1. The Morgan fingerprint density at radius 3 is 2.79 bits per heavy atom. The minimum atomic E-state index is -1.08. The van der Waals surface area contributed by atoms with Crippen LogP contribution in [0, 0.1) is 10.1 Å². The molecule has 176 valence electrons. The number of nitrogens with zero attached hydrogens (tertiary/aromatic N) is 3. The van der Waals surface area contributed by atoms with Crippen LogP contribution in [0.5, 0.6) is 5.75 Å². The number of aromatic nitrogens is 3. The molecule has 0 fully saturated rings. The zero-order valence-electron chi connectivity index (χ0n) is 18.9. The van der Waals surface area contributed by atoms with E-state index in [-0.39, 0.29) is 11.7 Å². The van der Waals surface area contributed by atoms with Gasteiger partial charge in [0.2, 0.25) is 0 Å². The molecule has 0 amide bonds. The molecule has 0 aliphatic carbocycles. The van der Waals surface area contributed by atoms with Gasteiger partial charge < -0.3 is 24.9 Å². The van der Waals surface area contributed by atoms with Crippen molar-refractivity contribution in [2.24, 2.45) is 0 Å². The molecule has 2 aromatic carbocycles. The van der Waals surface area contributed by atoms with Gasteiger partial charge in [-0.2, -0.15) is 5.10 Å². The lowest BCUT2D eigenvalue weighted by molar-refractivity contribution is -0.690. The fourth-order valence-electron chi connectivity index (χ4n) is 4.39. The Morgan fingerprint density at radius 2 is 2.09 bits per heavy atom. The van der Waals surface area contributed by atoms with Crippen LogP contribution in [-0.2, 0) is 17.8 Å². The van der Waals surface area contributed by atoms with Gasteiger partial charge in [-0.05, 0) is 36.8 Å². The van der Waals surface area contributed by atoms with Crippen LogP contribution < -0.4 is 15.2 Å². The van der Waals surface area contributed by atoms with Crippen LogP contribution in [-0.4, -0.2) is 39.3 Å². The fraction of sp³-hybridized carbons (Fsp3) is 0.250. The molecule has 0 bridgehead atoms. The number of carbonyl (C=O) groups is 1. The highest BCUT2D eigenvalue weighted by Crippen LogP contribution is 2.32. The number of aliphatic carboxylic acids is 1. The molecule has 0 saturated carbocycles. The zero-order chi connectivity index (χ0) is 24.2. The van der Waals surface area contributed by atoms with Gasteiger partial charge in [0.25, 0.3) is 0 Å². The first-order valence-corrected chi connectivity index (χ1v) is 10.8. The Morgan fingerprint density at radius 1 is 1.32 bits per heavy atom. The summed E-state index contributed by atoms with van der Waals surface area (Å²) in [5.74, 6) is -0.343. The van der Waals surface area contributed by atoms with Crippen LogP contribution in [0.1, 0.15) is 35.3 Å². The molecule has 2 aromatic heterocycles. The maximum absolute atomic E-state index is 11.0. The third-order valence-corrected chi connectivity index (χ3v) is 5.78. The van der Waals surface area contributed by atoms with Crippen molar-refractivity contribution in [1.82, 2.24) is 14.8 Å². The molecule has 3 N–H and O–H groups in total. The van der Waals surface area contributed by atoms with Crippen LogP contribution in [0.3, 0.4) is 0 Å². The van der Waals surface area contributed by atoms with E-state index in [4.69, 9.17) is 14.6 Å². The number of quaternary nitrogens is 1. The number of ether oxygens (including phenoxy) is 1. The number of nitrogens with two attached hydrogens (primary N) is 1. The number of nitro groups is 1. The maximum atomic E-state index is 11.0. The van der Waals surface area contributed by atoms with Crippen molar-refractivity contribution in [3.63, 3.8) is 0 Å². The lowest BCUT2D eigenvalue weighted by atomic mass is 9.93. The Hall–Kier alpha value is -4.18. The molecule has 1 aliphatic heterocycles. The van der Waals surface area contributed by atoms with Crippen molar-refractivity contribution in [2.75, 3.05) is 13.7 Å². The molecule has 0 spiro atoms. The van der Waals surface area contributed by atoms with Gasteiger partial charge >= 0.3 is 5.69 Å². The van der Waals surface area contributed by atoms with E-state index in [0.29, 0.717) is 6.54 Å². The molecule has 1 unspecified atom stereocenters. The molecule has 1 atom stereocenters. The Kier molecular flexibility index (Phi) is 6.60. The summed E-state index contributed by atoms with van der Waals surface area (Å²) in [5, 5.41) is 27.6. The molecule has 10 heteroatoms. The number of rotatable bonds is 5. The lowest BCUT2D eigenvalue weighted by Crippen LogP contribution is -2.87. The molecular formula is C24H25N5O5. The van der Waals surface area contributed by atoms with Crippen molar-refractivity contribution in [1.29, 1.82) is 0 Å². The van der Waals surface area contributed by atoms with Crippen molar-refractivity contribution < 1.29 is 24.9 Å². The van der Waals surface area contributed by atoms with E-state index < -0.39 is 10.9 Å². The van der Waals surface area contributed by atoms with Crippen LogP contribution in [0.15, 0.2) is 54.9 Å². The lowest BCUT2D eigenvalue weighted by Gasteiger charge is -2.22. The SMILES string of the molecule is CC(=O)[O-].COc1ccc(C2[NH2+]CCc3c2[nH]c2ccccc32)cc1Cn1cc([N+](=O)[O-])cn1. The number of carbonyl (C=O) groups excluding carboxylic acids is 1. The van der Waals surface area contributed by atoms with Gasteiger partial charge in [-0.3, -0.25) is 14.8 Å². The summed E-state index contributed by atoms with van der Waals surface area (Å²) in [6, 6.07) is 14.8. The fourth-order valence-corrected chi connectivity index (χ4v) is 4.39. The van der Waals surface area contributed by atoms with Crippen LogP contribution in [0.4, 0.5) is 5.69 Å². The standard InChI is InChI=1S/C22H21N5O3.C2H4O2/c1-30-20-7-6-14(10-15(20)12-26-13-16(11-24-26)27(28)29)21-22-18(8-9-23-21)17-4-2-3-5-19(17)25-22;1-2(3)4/h2-7,10-11,13,21,23,25H,8-9,12H2,1H3;1H3,(H,3,4). The Balaban J connectivity index is 0.000000636. The Bertz CT molecular complexity index is 1340. The van der Waals surface area contributed by atoms with E-state index in [1.807, 2.05) is 6.07 Å². The number of carboxylic acids is 1. The predicted octanol–water partition coefficient (Wildman–Crippen LogP) is 1.29. The van der Waals surface area contributed by atoms with E-state index >= 15 is 0 Å². The number of fused-ring (bicyclic) bond motifs is 3. The van der Waals surface area contributed by atoms with Gasteiger partial charge in [-0.1, -0.05) is 18.2 Å². The van der Waals surface area contributed by atoms with E-state index in [0.717, 1.165) is 31.2 Å². The Labute approximate surface area is 195 Å². The molecule has 1 aliphatic rings. The average molecular weight is 463 g/mol. The molecule has 5 rings (SSSR count). The van der Waals surface area contributed by atoms with Gasteiger partial charge in [-0.25, -0.2) is 0 Å².